The van der Waals surface area contributed by atoms with Crippen LogP contribution < -0.4 is 0 Å². The number of carbonyl (C=O) groups is 1. The zero-order chi connectivity index (χ0) is 8.55. The third-order valence-electron chi connectivity index (χ3n) is 2.43. The van der Waals surface area contributed by atoms with Crippen LogP contribution in [0.25, 0.3) is 0 Å². The highest BCUT2D eigenvalue weighted by atomic mass is 16.4. The van der Waals surface area contributed by atoms with Crippen molar-refractivity contribution in [1.82, 2.24) is 10.2 Å². The van der Waals surface area contributed by atoms with E-state index in [1.165, 1.54) is 6.42 Å². The Morgan fingerprint density at radius 2 is 2.42 bits per heavy atom. The van der Waals surface area contributed by atoms with Crippen molar-refractivity contribution in [1.29, 1.82) is 0 Å². The van der Waals surface area contributed by atoms with Gasteiger partial charge in [0.1, 0.15) is 5.69 Å². The van der Waals surface area contributed by atoms with Crippen LogP contribution in [0.4, 0.5) is 0 Å². The first-order valence-corrected chi connectivity index (χ1v) is 4.05. The van der Waals surface area contributed by atoms with Crippen molar-refractivity contribution in [2.24, 2.45) is 0 Å². The van der Waals surface area contributed by atoms with Gasteiger partial charge >= 0.3 is 5.97 Å². The minimum Gasteiger partial charge on any atom is -0.477 e. The number of H-pyrrole nitrogens is 1. The number of aromatic nitrogens is 2. The number of carboxylic acids is 1. The van der Waals surface area contributed by atoms with Crippen LogP contribution in [0, 0.1) is 0 Å². The Hall–Kier alpha value is -1.32. The summed E-state index contributed by atoms with van der Waals surface area (Å²) in [6.07, 6.45) is 5.03. The molecular weight excluding hydrogens is 156 g/mol. The monoisotopic (exact) mass is 166 g/mol. The van der Waals surface area contributed by atoms with Gasteiger partial charge in [0, 0.05) is 5.56 Å². The molecule has 1 aromatic rings. The number of aromatic carboxylic acids is 1. The van der Waals surface area contributed by atoms with E-state index in [4.69, 9.17) is 5.11 Å². The summed E-state index contributed by atoms with van der Waals surface area (Å²) in [7, 11) is 0. The molecule has 1 saturated carbocycles. The molecule has 0 saturated heterocycles. The fourth-order valence-corrected chi connectivity index (χ4v) is 1.50. The number of hydrogen-bond donors (Lipinski definition) is 2. The number of nitrogens with one attached hydrogen (secondary N) is 1. The molecule has 2 rings (SSSR count). The van der Waals surface area contributed by atoms with Gasteiger partial charge in [0.25, 0.3) is 0 Å². The Morgan fingerprint density at radius 1 is 1.67 bits per heavy atom. The van der Waals surface area contributed by atoms with Crippen molar-refractivity contribution in [2.45, 2.75) is 25.2 Å². The molecule has 0 amide bonds. The summed E-state index contributed by atoms with van der Waals surface area (Å²) in [6.45, 7) is 0. The Bertz CT molecular complexity index is 302. The minimum atomic E-state index is -0.908. The van der Waals surface area contributed by atoms with E-state index in [1.54, 1.807) is 6.20 Å². The van der Waals surface area contributed by atoms with Gasteiger partial charge in [0.15, 0.2) is 0 Å². The molecule has 0 unspecified atom stereocenters. The molecule has 2 N–H and O–H groups in total. The predicted molar refractivity (Wildman–Crippen MR) is 42.1 cm³/mol. The fourth-order valence-electron chi connectivity index (χ4n) is 1.50. The topological polar surface area (TPSA) is 66.0 Å². The zero-order valence-electron chi connectivity index (χ0n) is 6.58. The average Bonchev–Trinajstić information content (AvgIpc) is 2.31. The zero-order valence-corrected chi connectivity index (χ0v) is 6.58. The van der Waals surface area contributed by atoms with Gasteiger partial charge in [-0.3, -0.25) is 5.10 Å². The summed E-state index contributed by atoms with van der Waals surface area (Å²) in [6, 6.07) is 0. The molecule has 0 aliphatic heterocycles. The van der Waals surface area contributed by atoms with Crippen LogP contribution in [0.2, 0.25) is 0 Å². The lowest BCUT2D eigenvalue weighted by Crippen LogP contribution is -2.12. The molecule has 0 bridgehead atoms. The van der Waals surface area contributed by atoms with Crippen molar-refractivity contribution in [2.75, 3.05) is 0 Å². The standard InChI is InChI=1S/C8H10N2O2/c11-8(12)7-6(4-9-10-7)5-2-1-3-5/h4-5H,1-3H2,(H,9,10)(H,11,12). The smallest absolute Gasteiger partial charge is 0.354 e. The lowest BCUT2D eigenvalue weighted by atomic mass is 9.80. The summed E-state index contributed by atoms with van der Waals surface area (Å²) in [4.78, 5) is 10.7. The molecule has 4 heteroatoms. The molecule has 4 nitrogen and oxygen atoms in total. The quantitative estimate of drug-likeness (QED) is 0.697. The van der Waals surface area contributed by atoms with E-state index in [1.807, 2.05) is 0 Å². The van der Waals surface area contributed by atoms with Crippen molar-refractivity contribution in [3.63, 3.8) is 0 Å². The Balaban J connectivity index is 2.29. The number of rotatable bonds is 2. The van der Waals surface area contributed by atoms with E-state index in [9.17, 15) is 4.79 Å². The van der Waals surface area contributed by atoms with Gasteiger partial charge in [0.05, 0.1) is 6.20 Å². The Morgan fingerprint density at radius 3 is 2.92 bits per heavy atom. The van der Waals surface area contributed by atoms with E-state index in [2.05, 4.69) is 10.2 Å². The van der Waals surface area contributed by atoms with Crippen LogP contribution in [0.5, 0.6) is 0 Å². The molecular formula is C8H10N2O2. The summed E-state index contributed by atoms with van der Waals surface area (Å²) < 4.78 is 0. The van der Waals surface area contributed by atoms with E-state index >= 15 is 0 Å². The maximum absolute atomic E-state index is 10.7. The molecule has 1 aromatic heterocycles. The third-order valence-corrected chi connectivity index (χ3v) is 2.43. The highest BCUT2D eigenvalue weighted by molar-refractivity contribution is 5.87. The Labute approximate surface area is 69.6 Å². The molecule has 1 aliphatic rings. The molecule has 1 fully saturated rings. The molecule has 0 atom stereocenters. The van der Waals surface area contributed by atoms with Crippen molar-refractivity contribution in [3.05, 3.63) is 17.5 Å². The van der Waals surface area contributed by atoms with Gasteiger partial charge in [-0.05, 0) is 18.8 Å². The lowest BCUT2D eigenvalue weighted by molar-refractivity contribution is 0.0688. The summed E-state index contributed by atoms with van der Waals surface area (Å²) >= 11 is 0. The van der Waals surface area contributed by atoms with Gasteiger partial charge in [-0.15, -0.1) is 0 Å². The van der Waals surface area contributed by atoms with E-state index < -0.39 is 5.97 Å². The number of hydrogen-bond acceptors (Lipinski definition) is 2. The molecule has 1 aliphatic carbocycles. The fraction of sp³-hybridized carbons (Fsp3) is 0.500. The van der Waals surface area contributed by atoms with Crippen molar-refractivity contribution < 1.29 is 9.90 Å². The van der Waals surface area contributed by atoms with Crippen LogP contribution in [-0.4, -0.2) is 21.3 Å². The van der Waals surface area contributed by atoms with E-state index in [0.29, 0.717) is 5.92 Å². The van der Waals surface area contributed by atoms with E-state index in [0.717, 1.165) is 18.4 Å². The molecule has 0 aromatic carbocycles. The summed E-state index contributed by atoms with van der Waals surface area (Å²) in [5, 5.41) is 15.0. The highest BCUT2D eigenvalue weighted by Gasteiger charge is 2.25. The summed E-state index contributed by atoms with van der Waals surface area (Å²) in [5.74, 6) is -0.482. The second-order valence-corrected chi connectivity index (χ2v) is 3.13. The highest BCUT2D eigenvalue weighted by Crippen LogP contribution is 2.37. The van der Waals surface area contributed by atoms with E-state index in [-0.39, 0.29) is 5.69 Å². The number of carboxylic acid groups (broad SMARTS) is 1. The first-order chi connectivity index (χ1) is 5.79. The predicted octanol–water partition coefficient (Wildman–Crippen LogP) is 1.38. The molecule has 64 valence electrons. The SMILES string of the molecule is O=C(O)c1[nH]ncc1C1CCC1. The van der Waals surface area contributed by atoms with Crippen LogP contribution in [0.15, 0.2) is 6.20 Å². The van der Waals surface area contributed by atoms with Gasteiger partial charge in [-0.2, -0.15) is 5.10 Å². The third kappa shape index (κ3) is 0.995. The molecule has 1 heterocycles. The van der Waals surface area contributed by atoms with Gasteiger partial charge < -0.3 is 5.11 Å². The van der Waals surface area contributed by atoms with Crippen LogP contribution in [0.1, 0.15) is 41.2 Å². The van der Waals surface area contributed by atoms with Gasteiger partial charge in [-0.1, -0.05) is 6.42 Å². The van der Waals surface area contributed by atoms with Crippen molar-refractivity contribution >= 4 is 5.97 Å². The van der Waals surface area contributed by atoms with Gasteiger partial charge in [0.2, 0.25) is 0 Å². The largest absolute Gasteiger partial charge is 0.477 e. The van der Waals surface area contributed by atoms with Crippen molar-refractivity contribution in [3.8, 4) is 0 Å². The first-order valence-electron chi connectivity index (χ1n) is 4.05. The second kappa shape index (κ2) is 2.62. The number of aromatic amines is 1. The molecule has 0 spiro atoms. The van der Waals surface area contributed by atoms with Crippen LogP contribution >= 0.6 is 0 Å². The number of nitrogens with zero attached hydrogens (tertiary/aromatic N) is 1. The first kappa shape index (κ1) is 7.34. The maximum atomic E-state index is 10.7. The lowest BCUT2D eigenvalue weighted by Gasteiger charge is -2.24. The average molecular weight is 166 g/mol. The Kier molecular flexibility index (Phi) is 1.60. The molecule has 12 heavy (non-hydrogen) atoms. The summed E-state index contributed by atoms with van der Waals surface area (Å²) in [5.41, 5.74) is 1.13. The van der Waals surface area contributed by atoms with Crippen LogP contribution in [-0.2, 0) is 0 Å². The van der Waals surface area contributed by atoms with Gasteiger partial charge in [-0.25, -0.2) is 4.79 Å². The molecule has 0 radical (unpaired) electrons. The minimum absolute atomic E-state index is 0.264. The second-order valence-electron chi connectivity index (χ2n) is 3.13. The van der Waals surface area contributed by atoms with Crippen LogP contribution in [0.3, 0.4) is 0 Å². The maximum Gasteiger partial charge on any atom is 0.354 e. The normalized spacial score (nSPS) is 17.3.